The van der Waals surface area contributed by atoms with E-state index in [0.717, 1.165) is 40.6 Å². The Hall–Kier alpha value is -2.36. The Morgan fingerprint density at radius 2 is 1.43 bits per heavy atom. The second kappa shape index (κ2) is 6.41. The molecule has 3 aromatic rings. The van der Waals surface area contributed by atoms with Crippen LogP contribution in [-0.4, -0.2) is 19.9 Å². The Morgan fingerprint density at radius 1 is 0.870 bits per heavy atom. The average Bonchev–Trinajstić information content (AvgIpc) is 3.23. The van der Waals surface area contributed by atoms with Gasteiger partial charge in [-0.05, 0) is 17.0 Å². The van der Waals surface area contributed by atoms with E-state index >= 15 is 0 Å². The van der Waals surface area contributed by atoms with Crippen molar-refractivity contribution in [3.63, 3.8) is 0 Å². The fourth-order valence-electron chi connectivity index (χ4n) is 2.55. The number of nitrogens with zero attached hydrogens (tertiary/aromatic N) is 2. The van der Waals surface area contributed by atoms with Gasteiger partial charge in [0, 0.05) is 12.3 Å². The zero-order valence-electron chi connectivity index (χ0n) is 14.2. The van der Waals surface area contributed by atoms with E-state index in [0.29, 0.717) is 11.8 Å². The molecule has 2 aromatic heterocycles. The third-order valence-corrected chi connectivity index (χ3v) is 4.50. The highest BCUT2D eigenvalue weighted by atomic mass is 14.9. The van der Waals surface area contributed by atoms with Crippen molar-refractivity contribution in [1.29, 1.82) is 0 Å². The number of benzene rings is 1. The molecular formula is C19H24N4. The lowest BCUT2D eigenvalue weighted by Gasteiger charge is -2.11. The van der Waals surface area contributed by atoms with E-state index in [1.807, 2.05) is 12.4 Å². The maximum absolute atomic E-state index is 4.54. The summed E-state index contributed by atoms with van der Waals surface area (Å²) in [4.78, 5) is 15.7. The van der Waals surface area contributed by atoms with Gasteiger partial charge in [-0.2, -0.15) is 0 Å². The fourth-order valence-corrected chi connectivity index (χ4v) is 2.55. The number of aromatic amines is 2. The summed E-state index contributed by atoms with van der Waals surface area (Å²) >= 11 is 0. The Kier molecular flexibility index (Phi) is 4.33. The first-order valence-electron chi connectivity index (χ1n) is 8.28. The maximum Gasteiger partial charge on any atom is 0.109 e. The molecule has 0 fully saturated rings. The minimum absolute atomic E-state index is 0.431. The molecule has 0 radical (unpaired) electrons. The Morgan fingerprint density at radius 3 is 1.96 bits per heavy atom. The summed E-state index contributed by atoms with van der Waals surface area (Å²) in [6.07, 6.45) is 4.74. The monoisotopic (exact) mass is 308 g/mol. The van der Waals surface area contributed by atoms with E-state index in [-0.39, 0.29) is 0 Å². The van der Waals surface area contributed by atoms with Crippen LogP contribution in [0.25, 0.3) is 22.5 Å². The molecule has 0 aliphatic rings. The molecule has 0 saturated heterocycles. The Labute approximate surface area is 137 Å². The number of aromatic nitrogens is 4. The molecule has 3 rings (SSSR count). The number of nitrogens with one attached hydrogen (secondary N) is 2. The first-order valence-corrected chi connectivity index (χ1v) is 8.28. The lowest BCUT2D eigenvalue weighted by Crippen LogP contribution is -2.03. The normalized spacial score (nSPS) is 12.7. The molecule has 23 heavy (non-hydrogen) atoms. The lowest BCUT2D eigenvalue weighted by atomic mass is 9.98. The number of aryl methyl sites for hydroxylation is 1. The summed E-state index contributed by atoms with van der Waals surface area (Å²) in [6.45, 7) is 8.74. The van der Waals surface area contributed by atoms with Crippen molar-refractivity contribution in [2.75, 3.05) is 0 Å². The van der Waals surface area contributed by atoms with Crippen molar-refractivity contribution in [2.24, 2.45) is 5.92 Å². The molecule has 0 aliphatic heterocycles. The van der Waals surface area contributed by atoms with Crippen LogP contribution in [0.4, 0.5) is 0 Å². The standard InChI is InChI=1S/C19H24N4/c1-5-18-20-10-16(22-18)14-6-8-15(9-7-14)17-11-21-19(23-17)13(4)12(2)3/h6-13H,5H2,1-4H3,(H,20,22)(H,21,23). The van der Waals surface area contributed by atoms with Gasteiger partial charge in [0.1, 0.15) is 11.6 Å². The molecule has 2 heterocycles. The first kappa shape index (κ1) is 15.5. The highest BCUT2D eigenvalue weighted by Gasteiger charge is 2.14. The fraction of sp³-hybridized carbons (Fsp3) is 0.368. The SMILES string of the molecule is CCc1ncc(-c2ccc(-c3cnc(C(C)C(C)C)[nH]3)cc2)[nH]1. The van der Waals surface area contributed by atoms with Gasteiger partial charge in [-0.25, -0.2) is 9.97 Å². The first-order chi connectivity index (χ1) is 11.1. The summed E-state index contributed by atoms with van der Waals surface area (Å²) in [6, 6.07) is 8.49. The highest BCUT2D eigenvalue weighted by Crippen LogP contribution is 2.26. The van der Waals surface area contributed by atoms with Crippen LogP contribution in [0.2, 0.25) is 0 Å². The van der Waals surface area contributed by atoms with E-state index < -0.39 is 0 Å². The van der Waals surface area contributed by atoms with Gasteiger partial charge in [-0.1, -0.05) is 52.0 Å². The van der Waals surface area contributed by atoms with Crippen molar-refractivity contribution in [2.45, 2.75) is 40.0 Å². The van der Waals surface area contributed by atoms with E-state index in [9.17, 15) is 0 Å². The molecule has 0 saturated carbocycles. The Balaban J connectivity index is 1.82. The number of imidazole rings is 2. The van der Waals surface area contributed by atoms with Gasteiger partial charge in [0.2, 0.25) is 0 Å². The second-order valence-corrected chi connectivity index (χ2v) is 6.39. The summed E-state index contributed by atoms with van der Waals surface area (Å²) < 4.78 is 0. The van der Waals surface area contributed by atoms with Crippen LogP contribution in [-0.2, 0) is 6.42 Å². The second-order valence-electron chi connectivity index (χ2n) is 6.39. The minimum Gasteiger partial charge on any atom is -0.342 e. The zero-order valence-corrected chi connectivity index (χ0v) is 14.2. The molecule has 0 spiro atoms. The molecule has 4 nitrogen and oxygen atoms in total. The number of hydrogen-bond donors (Lipinski definition) is 2. The lowest BCUT2D eigenvalue weighted by molar-refractivity contribution is 0.514. The van der Waals surface area contributed by atoms with Gasteiger partial charge < -0.3 is 9.97 Å². The van der Waals surface area contributed by atoms with Gasteiger partial charge in [0.15, 0.2) is 0 Å². The average molecular weight is 308 g/mol. The van der Waals surface area contributed by atoms with Crippen molar-refractivity contribution >= 4 is 0 Å². The molecule has 2 N–H and O–H groups in total. The summed E-state index contributed by atoms with van der Waals surface area (Å²) in [5.74, 6) is 3.08. The van der Waals surface area contributed by atoms with Crippen molar-refractivity contribution in [1.82, 2.24) is 19.9 Å². The molecule has 1 atom stereocenters. The smallest absolute Gasteiger partial charge is 0.109 e. The predicted octanol–water partition coefficient (Wildman–Crippen LogP) is 4.79. The van der Waals surface area contributed by atoms with Gasteiger partial charge in [-0.3, -0.25) is 0 Å². The van der Waals surface area contributed by atoms with Crippen molar-refractivity contribution in [3.8, 4) is 22.5 Å². The zero-order chi connectivity index (χ0) is 16.4. The minimum atomic E-state index is 0.431. The molecule has 120 valence electrons. The molecule has 1 aromatic carbocycles. The van der Waals surface area contributed by atoms with E-state index in [4.69, 9.17) is 0 Å². The molecule has 1 unspecified atom stereocenters. The van der Waals surface area contributed by atoms with Crippen LogP contribution in [0, 0.1) is 5.92 Å². The molecule has 0 aliphatic carbocycles. The molecule has 4 heteroatoms. The third-order valence-electron chi connectivity index (χ3n) is 4.50. The van der Waals surface area contributed by atoms with Crippen molar-refractivity contribution in [3.05, 3.63) is 48.3 Å². The maximum atomic E-state index is 4.54. The highest BCUT2D eigenvalue weighted by molar-refractivity contribution is 5.66. The summed E-state index contributed by atoms with van der Waals surface area (Å²) in [7, 11) is 0. The quantitative estimate of drug-likeness (QED) is 0.712. The van der Waals surface area contributed by atoms with E-state index in [1.165, 1.54) is 0 Å². The van der Waals surface area contributed by atoms with Crippen LogP contribution in [0.5, 0.6) is 0 Å². The van der Waals surface area contributed by atoms with Crippen LogP contribution in [0.15, 0.2) is 36.7 Å². The van der Waals surface area contributed by atoms with E-state index in [2.05, 4.69) is 71.9 Å². The van der Waals surface area contributed by atoms with Gasteiger partial charge in [0.05, 0.1) is 23.8 Å². The number of H-pyrrole nitrogens is 2. The summed E-state index contributed by atoms with van der Waals surface area (Å²) in [5.41, 5.74) is 4.43. The van der Waals surface area contributed by atoms with Crippen LogP contribution in [0.3, 0.4) is 0 Å². The van der Waals surface area contributed by atoms with Crippen LogP contribution in [0.1, 0.15) is 45.3 Å². The predicted molar refractivity (Wildman–Crippen MR) is 94.2 cm³/mol. The topological polar surface area (TPSA) is 57.4 Å². The summed E-state index contributed by atoms with van der Waals surface area (Å²) in [5, 5.41) is 0. The number of rotatable bonds is 5. The van der Waals surface area contributed by atoms with Crippen LogP contribution >= 0.6 is 0 Å². The molecular weight excluding hydrogens is 284 g/mol. The third kappa shape index (κ3) is 3.21. The number of hydrogen-bond acceptors (Lipinski definition) is 2. The van der Waals surface area contributed by atoms with Crippen LogP contribution < -0.4 is 0 Å². The van der Waals surface area contributed by atoms with Crippen molar-refractivity contribution < 1.29 is 0 Å². The van der Waals surface area contributed by atoms with Gasteiger partial charge in [-0.15, -0.1) is 0 Å². The van der Waals surface area contributed by atoms with Gasteiger partial charge >= 0.3 is 0 Å². The van der Waals surface area contributed by atoms with E-state index in [1.54, 1.807) is 0 Å². The molecule has 0 amide bonds. The molecule has 0 bridgehead atoms. The Bertz CT molecular complexity index is 765. The largest absolute Gasteiger partial charge is 0.342 e. The van der Waals surface area contributed by atoms with Gasteiger partial charge in [0.25, 0.3) is 0 Å².